The smallest absolute Gasteiger partial charge is 0.293 e. The standard InChI is InChI=1S/C45H50ClN7O7S.C28H28N6O4/c1-45(2)15-11-33(39(26-45)31-3-5-34(46)6-4-31)29-51-17-19-52(20-18-51)35-7-9-38(42(24-35)60-36-23-32-12-16-47-43(32)49-28-36)44(54)50-61(57,58)37-8-10-40(41(25-37)53(55)56)48-27-30-13-21-59-22-14-30;1-15-31-21-10-8-16(12-23(21)37-15)19-14-30-25-24(19)27(38-18-6-4-5-7-18)34-28(33-25)32-20-11-9-17(26(35)29-2)13-22(20)36-3/h3-10,12,16,23-25,28,30,48H,11,13-15,17-22,26-27,29H2,1-2H3,(H,47,49)(H,50,54);8-14,18H,4-7H2,1-3H3,(H,29,35)(H2,30,32,33,34). The highest BCUT2D eigenvalue weighted by Crippen LogP contribution is 2.45. The van der Waals surface area contributed by atoms with E-state index in [0.717, 1.165) is 140 Å². The van der Waals surface area contributed by atoms with Crippen molar-refractivity contribution in [2.24, 2.45) is 11.3 Å². The molecule has 0 atom stereocenters. The van der Waals surface area contributed by atoms with Gasteiger partial charge < -0.3 is 54.2 Å². The molecule has 14 rings (SSSR count). The first-order valence-corrected chi connectivity index (χ1v) is 35.2. The molecular weight excluding hydrogens is 1300 g/mol. The lowest BCUT2D eigenvalue weighted by Crippen LogP contribution is -2.47. The fourth-order valence-electron chi connectivity index (χ4n) is 13.3. The third-order valence-electron chi connectivity index (χ3n) is 18.8. The van der Waals surface area contributed by atoms with E-state index in [1.54, 1.807) is 62.8 Å². The van der Waals surface area contributed by atoms with E-state index in [2.05, 4.69) is 76.4 Å². The van der Waals surface area contributed by atoms with Crippen molar-refractivity contribution >= 4 is 101 Å². The number of aromatic amines is 2. The zero-order valence-corrected chi connectivity index (χ0v) is 57.3. The number of amides is 2. The van der Waals surface area contributed by atoms with E-state index >= 15 is 0 Å². The number of aryl methyl sites for hydroxylation is 1. The number of nitrogens with zero attached hydrogens (tertiary/aromatic N) is 7. The molecule has 5 aromatic heterocycles. The van der Waals surface area contributed by atoms with E-state index in [9.17, 15) is 28.1 Å². The van der Waals surface area contributed by atoms with Crippen molar-refractivity contribution in [2.45, 2.75) is 89.6 Å². The van der Waals surface area contributed by atoms with Crippen molar-refractivity contribution in [2.75, 3.05) is 82.2 Å². The number of methoxy groups -OCH3 is 1. The Morgan fingerprint density at radius 1 is 0.838 bits per heavy atom. The predicted octanol–water partition coefficient (Wildman–Crippen LogP) is 14.2. The first-order chi connectivity index (χ1) is 47.8. The van der Waals surface area contributed by atoms with Crippen molar-refractivity contribution in [1.82, 2.24) is 44.8 Å². The third kappa shape index (κ3) is 15.6. The van der Waals surface area contributed by atoms with Gasteiger partial charge in [0.25, 0.3) is 27.5 Å². The lowest BCUT2D eigenvalue weighted by atomic mass is 9.72. The molecule has 2 aliphatic carbocycles. The Morgan fingerprint density at radius 3 is 2.38 bits per heavy atom. The van der Waals surface area contributed by atoms with Gasteiger partial charge in [0.2, 0.25) is 11.8 Å². The van der Waals surface area contributed by atoms with Crippen LogP contribution in [0.3, 0.4) is 0 Å². The molecule has 26 heteroatoms. The van der Waals surface area contributed by atoms with Crippen LogP contribution in [0.1, 0.15) is 104 Å². The number of rotatable bonds is 20. The van der Waals surface area contributed by atoms with Gasteiger partial charge in [-0.2, -0.15) is 9.97 Å². The van der Waals surface area contributed by atoms with E-state index in [-0.39, 0.29) is 40.3 Å². The largest absolute Gasteiger partial charge is 0.495 e. The van der Waals surface area contributed by atoms with Crippen molar-refractivity contribution in [3.05, 3.63) is 171 Å². The van der Waals surface area contributed by atoms with Crippen LogP contribution in [0.2, 0.25) is 5.02 Å². The Morgan fingerprint density at radius 2 is 1.62 bits per heavy atom. The molecular formula is C73H78ClN13O11S. The van der Waals surface area contributed by atoms with Crippen molar-refractivity contribution in [1.29, 1.82) is 0 Å². The molecule has 0 bridgehead atoms. The van der Waals surface area contributed by atoms with E-state index < -0.39 is 31.4 Å². The van der Waals surface area contributed by atoms with Gasteiger partial charge in [0, 0.05) is 118 Å². The number of carbonyl (C=O) groups excluding carboxylic acids is 2. The highest BCUT2D eigenvalue weighted by Gasteiger charge is 2.32. The summed E-state index contributed by atoms with van der Waals surface area (Å²) in [6.07, 6.45) is 14.4. The summed E-state index contributed by atoms with van der Waals surface area (Å²) in [5.41, 5.74) is 10.7. The number of oxazole rings is 1. The second-order valence-corrected chi connectivity index (χ2v) is 28.3. The van der Waals surface area contributed by atoms with Crippen LogP contribution in [-0.4, -0.2) is 133 Å². The SMILES string of the molecule is CC1(C)CCC(CN2CCN(c3ccc(C(=O)NS(=O)(=O)c4ccc(NCC5CCOCC5)c([N+](=O)[O-])c4)c(Oc4cnc5[nH]ccc5c4)c3)CC2)=C(c2ccc(Cl)cc2)C1.CNC(=O)c1ccc(Nc2nc(OC3CCCC3)c3c(-c4ccc5nc(C)oc5c4)c[nH]c3n2)c(OC)c1. The summed E-state index contributed by atoms with van der Waals surface area (Å²) in [4.78, 5) is 66.4. The average Bonchev–Trinajstić information content (AvgIpc) is 1.64. The second kappa shape index (κ2) is 29.2. The van der Waals surface area contributed by atoms with Crippen LogP contribution in [0.5, 0.6) is 23.1 Å². The molecule has 99 heavy (non-hydrogen) atoms. The van der Waals surface area contributed by atoms with E-state index in [1.165, 1.54) is 35.0 Å². The summed E-state index contributed by atoms with van der Waals surface area (Å²) in [5.74, 6) is 1.59. The molecule has 3 fully saturated rings. The molecule has 2 aliphatic heterocycles. The number of pyridine rings is 1. The van der Waals surface area contributed by atoms with E-state index in [4.69, 9.17) is 44.9 Å². The molecule has 10 aromatic rings. The monoisotopic (exact) mass is 1380 g/mol. The Kier molecular flexibility index (Phi) is 19.9. The number of benzene rings is 5. The molecule has 514 valence electrons. The van der Waals surface area contributed by atoms with Crippen molar-refractivity contribution in [3.63, 3.8) is 0 Å². The lowest BCUT2D eigenvalue weighted by Gasteiger charge is -2.39. The van der Waals surface area contributed by atoms with Crippen molar-refractivity contribution < 1.29 is 46.3 Å². The summed E-state index contributed by atoms with van der Waals surface area (Å²) in [6.45, 7) is 12.2. The second-order valence-electron chi connectivity index (χ2n) is 26.2. The molecule has 6 N–H and O–H groups in total. The Bertz CT molecular complexity index is 4800. The average molecular weight is 1380 g/mol. The summed E-state index contributed by atoms with van der Waals surface area (Å²) in [5, 5.41) is 23.4. The van der Waals surface area contributed by atoms with Crippen LogP contribution in [-0.2, 0) is 14.8 Å². The first kappa shape index (κ1) is 67.5. The first-order valence-electron chi connectivity index (χ1n) is 33.3. The van der Waals surface area contributed by atoms with Gasteiger partial charge in [0.05, 0.1) is 39.8 Å². The topological polar surface area (TPSA) is 299 Å². The van der Waals surface area contributed by atoms with Gasteiger partial charge in [-0.25, -0.2) is 23.1 Å². The maximum absolute atomic E-state index is 13.9. The number of sulfonamides is 1. The molecule has 0 spiro atoms. The summed E-state index contributed by atoms with van der Waals surface area (Å²) in [7, 11) is -1.41. The highest BCUT2D eigenvalue weighted by molar-refractivity contribution is 7.90. The number of allylic oxidation sites excluding steroid dienone is 1. The number of nitro groups is 1. The minimum atomic E-state index is -4.55. The van der Waals surface area contributed by atoms with Crippen molar-refractivity contribution in [3.8, 4) is 34.3 Å². The molecule has 24 nitrogen and oxygen atoms in total. The number of carbonyl (C=O) groups is 2. The summed E-state index contributed by atoms with van der Waals surface area (Å²) >= 11 is 6.24. The third-order valence-corrected chi connectivity index (χ3v) is 20.4. The fraction of sp³-hybridized carbons (Fsp3) is 0.342. The Balaban J connectivity index is 0.000000198. The number of ether oxygens (including phenoxy) is 4. The molecule has 4 aliphatic rings. The number of H-pyrrole nitrogens is 2. The number of fused-ring (bicyclic) bond motifs is 3. The molecule has 2 saturated heterocycles. The number of nitrogens with one attached hydrogen (secondary N) is 6. The minimum absolute atomic E-state index is 0.0359. The maximum Gasteiger partial charge on any atom is 0.293 e. The zero-order chi connectivity index (χ0) is 69.0. The number of anilines is 4. The van der Waals surface area contributed by atoms with Gasteiger partial charge in [-0.15, -0.1) is 0 Å². The number of hydrogen-bond donors (Lipinski definition) is 6. The molecule has 5 aromatic carbocycles. The minimum Gasteiger partial charge on any atom is -0.495 e. The molecule has 2 amide bonds. The Labute approximate surface area is 577 Å². The van der Waals surface area contributed by atoms with Gasteiger partial charge in [0.1, 0.15) is 45.9 Å². The lowest BCUT2D eigenvalue weighted by molar-refractivity contribution is -0.384. The van der Waals surface area contributed by atoms with Crippen LogP contribution in [0.4, 0.5) is 28.7 Å². The molecule has 1 saturated carbocycles. The van der Waals surface area contributed by atoms with Crippen LogP contribution in [0.25, 0.3) is 49.9 Å². The number of hydrogen-bond acceptors (Lipinski definition) is 19. The van der Waals surface area contributed by atoms with Crippen LogP contribution in [0.15, 0.2) is 143 Å². The van der Waals surface area contributed by atoms with E-state index in [0.29, 0.717) is 71.5 Å². The molecule has 0 unspecified atom stereocenters. The van der Waals surface area contributed by atoms with Crippen LogP contribution >= 0.6 is 11.6 Å². The quantitative estimate of drug-likeness (QED) is 0.0305. The highest BCUT2D eigenvalue weighted by atomic mass is 35.5. The van der Waals surface area contributed by atoms with E-state index in [1.807, 2.05) is 49.5 Å². The van der Waals surface area contributed by atoms with Gasteiger partial charge in [-0.05, 0) is 165 Å². The van der Waals surface area contributed by atoms with Gasteiger partial charge in [-0.3, -0.25) is 24.6 Å². The predicted molar refractivity (Wildman–Crippen MR) is 381 cm³/mol. The Hall–Kier alpha value is -10.1. The summed E-state index contributed by atoms with van der Waals surface area (Å²) < 4.78 is 58.9. The van der Waals surface area contributed by atoms with Crippen LogP contribution in [0, 0.1) is 28.4 Å². The number of aromatic nitrogens is 6. The number of nitro benzene ring substituents is 1. The molecule has 7 heterocycles. The van der Waals surface area contributed by atoms with Gasteiger partial charge in [0.15, 0.2) is 11.5 Å². The normalized spacial score (nSPS) is 16.2. The van der Waals surface area contributed by atoms with Crippen LogP contribution < -0.4 is 39.8 Å². The van der Waals surface area contributed by atoms with Gasteiger partial charge >= 0.3 is 0 Å². The molecule has 0 radical (unpaired) electrons. The fourth-order valence-corrected chi connectivity index (χ4v) is 14.5. The van der Waals surface area contributed by atoms with Gasteiger partial charge in [-0.1, -0.05) is 49.2 Å². The number of halogens is 1. The zero-order valence-electron chi connectivity index (χ0n) is 55.7. The summed E-state index contributed by atoms with van der Waals surface area (Å²) in [6, 6.07) is 31.5. The number of piperazine rings is 1. The maximum atomic E-state index is 13.9.